The van der Waals surface area contributed by atoms with Gasteiger partial charge in [-0.3, -0.25) is 10.1 Å². The third-order valence-corrected chi connectivity index (χ3v) is 2.94. The smallest absolute Gasteiger partial charge is 0.326 e. The maximum Gasteiger partial charge on any atom is 0.326 e. The second kappa shape index (κ2) is 5.48. The zero-order chi connectivity index (χ0) is 13.9. The SMILES string of the molecule is CCC(C(=O)O)N(C)c1ccc(C)c([N+](=O)[O-])c1. The van der Waals surface area contributed by atoms with E-state index in [0.717, 1.165) is 0 Å². The number of carbonyl (C=O) groups is 1. The van der Waals surface area contributed by atoms with Gasteiger partial charge in [0.05, 0.1) is 4.92 Å². The molecule has 0 amide bonds. The van der Waals surface area contributed by atoms with E-state index in [-0.39, 0.29) is 5.69 Å². The van der Waals surface area contributed by atoms with E-state index in [4.69, 9.17) is 5.11 Å². The molecule has 6 nitrogen and oxygen atoms in total. The fourth-order valence-corrected chi connectivity index (χ4v) is 1.81. The average Bonchev–Trinajstić information content (AvgIpc) is 2.29. The summed E-state index contributed by atoms with van der Waals surface area (Å²) < 4.78 is 0. The molecule has 1 unspecified atom stereocenters. The highest BCUT2D eigenvalue weighted by molar-refractivity contribution is 5.78. The fourth-order valence-electron chi connectivity index (χ4n) is 1.81. The lowest BCUT2D eigenvalue weighted by Gasteiger charge is -2.25. The number of nitro benzene ring substituents is 1. The quantitative estimate of drug-likeness (QED) is 0.641. The highest BCUT2D eigenvalue weighted by atomic mass is 16.6. The van der Waals surface area contributed by atoms with Gasteiger partial charge in [-0.1, -0.05) is 13.0 Å². The Bertz CT molecular complexity index is 473. The molecule has 0 aliphatic carbocycles. The highest BCUT2D eigenvalue weighted by Crippen LogP contribution is 2.26. The molecule has 1 aromatic rings. The molecule has 1 N–H and O–H groups in total. The Hall–Kier alpha value is -2.11. The van der Waals surface area contributed by atoms with Crippen molar-refractivity contribution in [1.29, 1.82) is 0 Å². The lowest BCUT2D eigenvalue weighted by molar-refractivity contribution is -0.385. The van der Waals surface area contributed by atoms with E-state index < -0.39 is 16.9 Å². The molecule has 0 heterocycles. The van der Waals surface area contributed by atoms with Crippen molar-refractivity contribution in [2.45, 2.75) is 26.3 Å². The predicted molar refractivity (Wildman–Crippen MR) is 68.0 cm³/mol. The molecule has 0 spiro atoms. The summed E-state index contributed by atoms with van der Waals surface area (Å²) in [5, 5.41) is 19.9. The molecule has 98 valence electrons. The number of nitro groups is 1. The maximum absolute atomic E-state index is 11.1. The summed E-state index contributed by atoms with van der Waals surface area (Å²) in [5.41, 5.74) is 1.08. The van der Waals surface area contributed by atoms with Crippen molar-refractivity contribution < 1.29 is 14.8 Å². The summed E-state index contributed by atoms with van der Waals surface area (Å²) in [5.74, 6) is -0.941. The number of likely N-dealkylation sites (N-methyl/N-ethyl adjacent to an activating group) is 1. The van der Waals surface area contributed by atoms with Gasteiger partial charge in [0.25, 0.3) is 5.69 Å². The molecular weight excluding hydrogens is 236 g/mol. The molecule has 0 aliphatic rings. The lowest BCUT2D eigenvalue weighted by atomic mass is 10.1. The van der Waals surface area contributed by atoms with Crippen LogP contribution >= 0.6 is 0 Å². The number of hydrogen-bond acceptors (Lipinski definition) is 4. The van der Waals surface area contributed by atoms with Crippen molar-refractivity contribution in [3.63, 3.8) is 0 Å². The number of aryl methyl sites for hydroxylation is 1. The number of carboxylic acids is 1. The molecule has 0 bridgehead atoms. The number of benzene rings is 1. The Morgan fingerprint density at radius 1 is 1.56 bits per heavy atom. The van der Waals surface area contributed by atoms with Gasteiger partial charge in [0.15, 0.2) is 0 Å². The zero-order valence-corrected chi connectivity index (χ0v) is 10.6. The summed E-state index contributed by atoms with van der Waals surface area (Å²) in [6, 6.07) is 4.03. The van der Waals surface area contributed by atoms with E-state index in [1.54, 1.807) is 33.0 Å². The number of nitrogens with zero attached hydrogens (tertiary/aromatic N) is 2. The Morgan fingerprint density at radius 3 is 2.61 bits per heavy atom. The van der Waals surface area contributed by atoms with Gasteiger partial charge in [0.2, 0.25) is 0 Å². The Labute approximate surface area is 105 Å². The van der Waals surface area contributed by atoms with Gasteiger partial charge in [-0.15, -0.1) is 0 Å². The first-order valence-electron chi connectivity index (χ1n) is 5.59. The average molecular weight is 252 g/mol. The van der Waals surface area contributed by atoms with Crippen LogP contribution in [0.1, 0.15) is 18.9 Å². The molecule has 1 rings (SSSR count). The first kappa shape index (κ1) is 14.0. The van der Waals surface area contributed by atoms with Gasteiger partial charge < -0.3 is 10.0 Å². The van der Waals surface area contributed by atoms with Gasteiger partial charge in [0.1, 0.15) is 6.04 Å². The second-order valence-electron chi connectivity index (χ2n) is 4.10. The van der Waals surface area contributed by atoms with Gasteiger partial charge >= 0.3 is 5.97 Å². The Balaban J connectivity index is 3.13. The summed E-state index contributed by atoms with van der Waals surface area (Å²) in [4.78, 5) is 23.0. The van der Waals surface area contributed by atoms with Crippen LogP contribution in [-0.4, -0.2) is 29.1 Å². The van der Waals surface area contributed by atoms with Crippen LogP contribution in [0.5, 0.6) is 0 Å². The van der Waals surface area contributed by atoms with E-state index in [1.807, 2.05) is 0 Å². The topological polar surface area (TPSA) is 83.7 Å². The summed E-state index contributed by atoms with van der Waals surface area (Å²) >= 11 is 0. The number of hydrogen-bond donors (Lipinski definition) is 1. The van der Waals surface area contributed by atoms with E-state index in [0.29, 0.717) is 17.7 Å². The number of carboxylic acid groups (broad SMARTS) is 1. The van der Waals surface area contributed by atoms with Crippen LogP contribution in [0.15, 0.2) is 18.2 Å². The molecule has 18 heavy (non-hydrogen) atoms. The first-order chi connectivity index (χ1) is 8.38. The maximum atomic E-state index is 11.1. The van der Waals surface area contributed by atoms with Crippen LogP contribution in [-0.2, 0) is 4.79 Å². The fraction of sp³-hybridized carbons (Fsp3) is 0.417. The van der Waals surface area contributed by atoms with E-state index in [2.05, 4.69) is 0 Å². The third kappa shape index (κ3) is 2.77. The summed E-state index contributed by atoms with van der Waals surface area (Å²) in [6.07, 6.45) is 0.424. The van der Waals surface area contributed by atoms with Crippen LogP contribution in [0.25, 0.3) is 0 Å². The number of anilines is 1. The van der Waals surface area contributed by atoms with Crippen LogP contribution in [0.4, 0.5) is 11.4 Å². The van der Waals surface area contributed by atoms with Crippen LogP contribution in [0.2, 0.25) is 0 Å². The van der Waals surface area contributed by atoms with Crippen molar-refractivity contribution in [3.05, 3.63) is 33.9 Å². The van der Waals surface area contributed by atoms with E-state index in [9.17, 15) is 14.9 Å². The molecule has 0 aromatic heterocycles. The van der Waals surface area contributed by atoms with E-state index in [1.165, 1.54) is 11.0 Å². The van der Waals surface area contributed by atoms with Gasteiger partial charge in [-0.2, -0.15) is 0 Å². The third-order valence-electron chi connectivity index (χ3n) is 2.94. The van der Waals surface area contributed by atoms with Crippen molar-refractivity contribution in [1.82, 2.24) is 0 Å². The minimum Gasteiger partial charge on any atom is -0.480 e. The Kier molecular flexibility index (Phi) is 4.25. The molecule has 0 radical (unpaired) electrons. The largest absolute Gasteiger partial charge is 0.480 e. The monoisotopic (exact) mass is 252 g/mol. The molecule has 1 aromatic carbocycles. The molecular formula is C12H16N2O4. The van der Waals surface area contributed by atoms with Crippen molar-refractivity contribution in [2.24, 2.45) is 0 Å². The molecule has 1 atom stereocenters. The second-order valence-corrected chi connectivity index (χ2v) is 4.10. The minimum absolute atomic E-state index is 0.000378. The number of aliphatic carboxylic acids is 1. The van der Waals surface area contributed by atoms with E-state index >= 15 is 0 Å². The van der Waals surface area contributed by atoms with Gasteiger partial charge in [0, 0.05) is 24.4 Å². The molecule has 0 fully saturated rings. The highest BCUT2D eigenvalue weighted by Gasteiger charge is 2.22. The zero-order valence-electron chi connectivity index (χ0n) is 10.6. The number of rotatable bonds is 5. The molecule has 6 heteroatoms. The summed E-state index contributed by atoms with van der Waals surface area (Å²) in [6.45, 7) is 3.41. The molecule has 0 saturated heterocycles. The van der Waals surface area contributed by atoms with Crippen molar-refractivity contribution >= 4 is 17.3 Å². The first-order valence-corrected chi connectivity index (χ1v) is 5.59. The van der Waals surface area contributed by atoms with Gasteiger partial charge in [-0.05, 0) is 19.4 Å². The molecule has 0 saturated carbocycles. The van der Waals surface area contributed by atoms with Crippen LogP contribution in [0.3, 0.4) is 0 Å². The lowest BCUT2D eigenvalue weighted by Crippen LogP contribution is -2.37. The van der Waals surface area contributed by atoms with Crippen LogP contribution < -0.4 is 4.90 Å². The normalized spacial score (nSPS) is 11.9. The Morgan fingerprint density at radius 2 is 2.17 bits per heavy atom. The minimum atomic E-state index is -0.941. The molecule has 0 aliphatic heterocycles. The van der Waals surface area contributed by atoms with Gasteiger partial charge in [-0.25, -0.2) is 4.79 Å². The standard InChI is InChI=1S/C12H16N2O4/c1-4-10(12(15)16)13(3)9-6-5-8(2)11(7-9)14(17)18/h5-7,10H,4H2,1-3H3,(H,15,16). The van der Waals surface area contributed by atoms with Crippen LogP contribution in [0, 0.1) is 17.0 Å². The van der Waals surface area contributed by atoms with Crippen molar-refractivity contribution in [2.75, 3.05) is 11.9 Å². The van der Waals surface area contributed by atoms with Crippen molar-refractivity contribution in [3.8, 4) is 0 Å². The predicted octanol–water partition coefficient (Wildman–Crippen LogP) is 2.20. The summed E-state index contributed by atoms with van der Waals surface area (Å²) in [7, 11) is 1.62.